The highest BCUT2D eigenvalue weighted by molar-refractivity contribution is 5.30. The second-order valence-electron chi connectivity index (χ2n) is 8.65. The Morgan fingerprint density at radius 1 is 0.846 bits per heavy atom. The van der Waals surface area contributed by atoms with Gasteiger partial charge in [-0.1, -0.05) is 51.7 Å². The van der Waals surface area contributed by atoms with E-state index < -0.39 is 0 Å². The van der Waals surface area contributed by atoms with Crippen molar-refractivity contribution in [2.75, 3.05) is 0 Å². The van der Waals surface area contributed by atoms with Gasteiger partial charge >= 0.3 is 0 Å². The van der Waals surface area contributed by atoms with Crippen LogP contribution in [0.4, 0.5) is 0 Å². The Labute approximate surface area is 161 Å². The molecule has 2 aliphatic rings. The summed E-state index contributed by atoms with van der Waals surface area (Å²) >= 11 is 0. The Bertz CT molecular complexity index is 528. The van der Waals surface area contributed by atoms with Gasteiger partial charge in [-0.15, -0.1) is 0 Å². The van der Waals surface area contributed by atoms with E-state index in [4.69, 9.17) is 4.74 Å². The normalized spacial score (nSPS) is 29.8. The van der Waals surface area contributed by atoms with E-state index in [0.29, 0.717) is 0 Å². The third-order valence-electron chi connectivity index (χ3n) is 6.91. The van der Waals surface area contributed by atoms with Crippen LogP contribution in [-0.4, -0.2) is 0 Å². The molecule has 0 bridgehead atoms. The van der Waals surface area contributed by atoms with Crippen molar-refractivity contribution in [1.29, 1.82) is 0 Å². The van der Waals surface area contributed by atoms with Gasteiger partial charge in [0.05, 0.1) is 6.26 Å². The zero-order chi connectivity index (χ0) is 18.2. The van der Waals surface area contributed by atoms with Crippen LogP contribution in [0, 0.1) is 17.8 Å². The Kier molecular flexibility index (Phi) is 7.65. The van der Waals surface area contributed by atoms with Gasteiger partial charge in [0.25, 0.3) is 0 Å². The highest BCUT2D eigenvalue weighted by Crippen LogP contribution is 2.44. The van der Waals surface area contributed by atoms with Crippen LogP contribution >= 0.6 is 0 Å². The maximum absolute atomic E-state index is 5.63. The third-order valence-corrected chi connectivity index (χ3v) is 6.91. The Morgan fingerprint density at radius 2 is 1.46 bits per heavy atom. The zero-order valence-corrected chi connectivity index (χ0v) is 17.0. The van der Waals surface area contributed by atoms with E-state index in [-0.39, 0.29) is 0 Å². The second-order valence-corrected chi connectivity index (χ2v) is 8.65. The maximum Gasteiger partial charge on any atom is 0.126 e. The number of rotatable bonds is 7. The predicted octanol–water partition coefficient (Wildman–Crippen LogP) is 7.87. The van der Waals surface area contributed by atoms with Gasteiger partial charge in [-0.25, -0.2) is 0 Å². The van der Waals surface area contributed by atoms with E-state index in [9.17, 15) is 0 Å². The summed E-state index contributed by atoms with van der Waals surface area (Å²) < 4.78 is 5.63. The summed E-state index contributed by atoms with van der Waals surface area (Å²) in [7, 11) is 0. The van der Waals surface area contributed by atoms with Crippen LogP contribution in [0.3, 0.4) is 0 Å². The number of hydrogen-bond acceptors (Lipinski definition) is 1. The van der Waals surface area contributed by atoms with Gasteiger partial charge in [-0.05, 0) is 92.4 Å². The molecular weight excluding hydrogens is 316 g/mol. The minimum atomic E-state index is 0.767. The molecule has 0 N–H and O–H groups in total. The Hall–Kier alpha value is -1.24. The van der Waals surface area contributed by atoms with E-state index in [0.717, 1.165) is 35.8 Å². The second kappa shape index (κ2) is 10.2. The van der Waals surface area contributed by atoms with Crippen LogP contribution < -0.4 is 4.74 Å². The number of hydrogen-bond donors (Lipinski definition) is 0. The van der Waals surface area contributed by atoms with Crippen LogP contribution in [0.2, 0.25) is 0 Å². The summed E-state index contributed by atoms with van der Waals surface area (Å²) in [5.74, 6) is 4.81. The van der Waals surface area contributed by atoms with Crippen molar-refractivity contribution in [2.24, 2.45) is 17.8 Å². The molecule has 0 heterocycles. The fraction of sp³-hybridized carbons (Fsp3) is 0.680. The van der Waals surface area contributed by atoms with Gasteiger partial charge in [0.1, 0.15) is 5.75 Å². The molecule has 0 unspecified atom stereocenters. The van der Waals surface area contributed by atoms with Crippen molar-refractivity contribution >= 4 is 0 Å². The lowest BCUT2D eigenvalue weighted by Gasteiger charge is -2.38. The number of benzene rings is 1. The lowest BCUT2D eigenvalue weighted by Crippen LogP contribution is -2.25. The average molecular weight is 355 g/mol. The highest BCUT2D eigenvalue weighted by atomic mass is 16.5. The van der Waals surface area contributed by atoms with Crippen LogP contribution in [0.15, 0.2) is 36.6 Å². The van der Waals surface area contributed by atoms with Gasteiger partial charge in [0.15, 0.2) is 0 Å². The first-order valence-corrected chi connectivity index (χ1v) is 11.2. The molecule has 0 spiro atoms. The summed E-state index contributed by atoms with van der Waals surface area (Å²) in [6.07, 6.45) is 19.4. The minimum absolute atomic E-state index is 0.767. The van der Waals surface area contributed by atoms with E-state index in [1.54, 1.807) is 6.26 Å². The molecule has 1 heteroatoms. The van der Waals surface area contributed by atoms with Crippen molar-refractivity contribution < 1.29 is 4.74 Å². The van der Waals surface area contributed by atoms with Crippen molar-refractivity contribution in [3.8, 4) is 5.75 Å². The van der Waals surface area contributed by atoms with E-state index in [2.05, 4.69) is 38.1 Å². The zero-order valence-electron chi connectivity index (χ0n) is 17.0. The Morgan fingerprint density at radius 3 is 2.04 bits per heavy atom. The molecule has 0 saturated heterocycles. The van der Waals surface area contributed by atoms with Gasteiger partial charge in [0.2, 0.25) is 0 Å². The first-order chi connectivity index (χ1) is 12.8. The summed E-state index contributed by atoms with van der Waals surface area (Å²) in [5.41, 5.74) is 1.52. The number of ether oxygens (including phenoxy) is 1. The average Bonchev–Trinajstić information content (AvgIpc) is 2.70. The quantitative estimate of drug-likeness (QED) is 0.453. The van der Waals surface area contributed by atoms with Crippen molar-refractivity contribution in [3.63, 3.8) is 0 Å². The predicted molar refractivity (Wildman–Crippen MR) is 112 cm³/mol. The fourth-order valence-corrected chi connectivity index (χ4v) is 5.32. The summed E-state index contributed by atoms with van der Waals surface area (Å²) in [6.45, 7) is 4.46. The topological polar surface area (TPSA) is 9.23 Å². The molecule has 2 aliphatic carbocycles. The number of allylic oxidation sites excluding steroid dienone is 1. The molecule has 0 atom stereocenters. The van der Waals surface area contributed by atoms with Gasteiger partial charge < -0.3 is 4.74 Å². The van der Waals surface area contributed by atoms with E-state index in [1.165, 1.54) is 69.8 Å². The molecule has 1 nitrogen and oxygen atoms in total. The largest absolute Gasteiger partial charge is 0.465 e. The fourth-order valence-electron chi connectivity index (χ4n) is 5.32. The van der Waals surface area contributed by atoms with Gasteiger partial charge in [0, 0.05) is 0 Å². The van der Waals surface area contributed by atoms with Crippen LogP contribution in [0.25, 0.3) is 0 Å². The van der Waals surface area contributed by atoms with Crippen molar-refractivity contribution in [3.05, 3.63) is 42.2 Å². The minimum Gasteiger partial charge on any atom is -0.465 e. The Balaban J connectivity index is 1.44. The SMILES string of the molecule is CC/C=C/Oc1ccc(C2CCC(C3CCC(CCC)CC3)CC2)cc1. The molecule has 0 aliphatic heterocycles. The lowest BCUT2D eigenvalue weighted by atomic mass is 9.68. The van der Waals surface area contributed by atoms with E-state index >= 15 is 0 Å². The molecule has 1 aromatic rings. The molecule has 2 fully saturated rings. The lowest BCUT2D eigenvalue weighted by molar-refractivity contribution is 0.156. The van der Waals surface area contributed by atoms with Crippen molar-refractivity contribution in [2.45, 2.75) is 90.4 Å². The van der Waals surface area contributed by atoms with E-state index in [1.807, 2.05) is 6.08 Å². The van der Waals surface area contributed by atoms with Gasteiger partial charge in [-0.3, -0.25) is 0 Å². The summed E-state index contributed by atoms with van der Waals surface area (Å²) in [4.78, 5) is 0. The standard InChI is InChI=1S/C25H38O/c1-3-5-19-26-25-17-15-24(16-18-25)23-13-11-22(12-14-23)21-9-7-20(6-4-2)8-10-21/h5,15-23H,3-4,6-14H2,1-2H3/b19-5+. The molecule has 0 aromatic heterocycles. The highest BCUT2D eigenvalue weighted by Gasteiger charge is 2.31. The van der Waals surface area contributed by atoms with Gasteiger partial charge in [-0.2, -0.15) is 0 Å². The van der Waals surface area contributed by atoms with Crippen molar-refractivity contribution in [1.82, 2.24) is 0 Å². The van der Waals surface area contributed by atoms with Crippen LogP contribution in [0.1, 0.15) is 96.0 Å². The summed E-state index contributed by atoms with van der Waals surface area (Å²) in [6, 6.07) is 8.85. The first kappa shape index (κ1) is 19.5. The molecule has 0 radical (unpaired) electrons. The molecule has 26 heavy (non-hydrogen) atoms. The third kappa shape index (κ3) is 5.38. The maximum atomic E-state index is 5.63. The molecule has 3 rings (SSSR count). The first-order valence-electron chi connectivity index (χ1n) is 11.2. The smallest absolute Gasteiger partial charge is 0.126 e. The monoisotopic (exact) mass is 354 g/mol. The molecule has 2 saturated carbocycles. The summed E-state index contributed by atoms with van der Waals surface area (Å²) in [5, 5.41) is 0. The molecule has 1 aromatic carbocycles. The molecule has 144 valence electrons. The molecular formula is C25H38O. The molecule has 0 amide bonds. The van der Waals surface area contributed by atoms with Crippen LogP contribution in [0.5, 0.6) is 5.75 Å². The van der Waals surface area contributed by atoms with Crippen LogP contribution in [-0.2, 0) is 0 Å².